The molecule has 33 heavy (non-hydrogen) atoms. The van der Waals surface area contributed by atoms with Crippen LogP contribution in [0, 0.1) is 0 Å². The lowest BCUT2D eigenvalue weighted by Crippen LogP contribution is -2.27. The van der Waals surface area contributed by atoms with Gasteiger partial charge in [-0.2, -0.15) is 0 Å². The maximum Gasteiger partial charge on any atom is 0.162 e. The summed E-state index contributed by atoms with van der Waals surface area (Å²) in [6.07, 6.45) is 4.93. The fraction of sp³-hybridized carbons (Fsp3) is 0.345. The molecule has 3 aromatic carbocycles. The van der Waals surface area contributed by atoms with Crippen molar-refractivity contribution in [2.45, 2.75) is 44.3 Å². The van der Waals surface area contributed by atoms with Gasteiger partial charge in [0.1, 0.15) is 6.10 Å². The number of carbonyl (C=O) groups excluding carboxylic acids is 1. The van der Waals surface area contributed by atoms with Gasteiger partial charge in [0.15, 0.2) is 5.78 Å². The minimum absolute atomic E-state index is 0.0347. The second kappa shape index (κ2) is 12.3. The Morgan fingerprint density at radius 1 is 0.879 bits per heavy atom. The molecule has 172 valence electrons. The molecule has 1 aliphatic heterocycles. The molecule has 0 radical (unpaired) electrons. The monoisotopic (exact) mass is 505 g/mol. The van der Waals surface area contributed by atoms with Crippen molar-refractivity contribution in [3.05, 3.63) is 106 Å². The van der Waals surface area contributed by atoms with E-state index >= 15 is 0 Å². The van der Waals surface area contributed by atoms with E-state index in [-0.39, 0.29) is 18.0 Å². The van der Waals surface area contributed by atoms with E-state index in [1.807, 2.05) is 24.3 Å². The Balaban J connectivity index is 1.29. The molecule has 0 aromatic heterocycles. The zero-order valence-electron chi connectivity index (χ0n) is 19.0. The fourth-order valence-corrected chi connectivity index (χ4v) is 4.79. The minimum Gasteiger partial charge on any atom is -0.366 e. The molecule has 1 unspecified atom stereocenters. The number of Topliss-reactive ketones (excluding diaryl/α,β-unsaturated/α-hetero) is 1. The van der Waals surface area contributed by atoms with E-state index in [9.17, 15) is 4.79 Å². The topological polar surface area (TPSA) is 29.5 Å². The Morgan fingerprint density at radius 2 is 1.52 bits per heavy atom. The molecule has 1 saturated heterocycles. The van der Waals surface area contributed by atoms with Gasteiger partial charge in [-0.3, -0.25) is 4.79 Å². The Kier molecular flexibility index (Phi) is 8.87. The second-order valence-corrected chi connectivity index (χ2v) is 9.68. The van der Waals surface area contributed by atoms with E-state index in [2.05, 4.69) is 81.5 Å². The molecule has 1 aliphatic rings. The summed E-state index contributed by atoms with van der Waals surface area (Å²) in [4.78, 5) is 15.0. The molecule has 0 bridgehead atoms. The second-order valence-electron chi connectivity index (χ2n) is 8.77. The van der Waals surface area contributed by atoms with Gasteiger partial charge >= 0.3 is 0 Å². The molecule has 0 saturated carbocycles. The van der Waals surface area contributed by atoms with Crippen LogP contribution in [0.3, 0.4) is 0 Å². The summed E-state index contributed by atoms with van der Waals surface area (Å²) in [5, 5.41) is 0. The molecule has 0 spiro atoms. The van der Waals surface area contributed by atoms with E-state index in [0.717, 1.165) is 55.4 Å². The SMILES string of the molecule is O=C(CCCN1CCCC(OC(c2ccccc2)c2ccccc2)CC1)c1ccc(Br)cc1. The van der Waals surface area contributed by atoms with Crippen molar-refractivity contribution in [2.75, 3.05) is 19.6 Å². The van der Waals surface area contributed by atoms with Crippen molar-refractivity contribution < 1.29 is 9.53 Å². The summed E-state index contributed by atoms with van der Waals surface area (Å²) in [5.41, 5.74) is 3.21. The summed E-state index contributed by atoms with van der Waals surface area (Å²) in [6, 6.07) is 28.7. The van der Waals surface area contributed by atoms with Crippen LogP contribution in [0.5, 0.6) is 0 Å². The summed E-state index contributed by atoms with van der Waals surface area (Å²) in [7, 11) is 0. The molecular formula is C29H32BrNO2. The van der Waals surface area contributed by atoms with Crippen molar-refractivity contribution in [2.24, 2.45) is 0 Å². The summed E-state index contributed by atoms with van der Waals surface area (Å²) >= 11 is 3.42. The molecule has 3 aromatic rings. The predicted molar refractivity (Wildman–Crippen MR) is 138 cm³/mol. The number of hydrogen-bond donors (Lipinski definition) is 0. The Morgan fingerprint density at radius 3 is 2.15 bits per heavy atom. The highest BCUT2D eigenvalue weighted by atomic mass is 79.9. The van der Waals surface area contributed by atoms with Crippen molar-refractivity contribution in [3.63, 3.8) is 0 Å². The number of benzene rings is 3. The third kappa shape index (κ3) is 7.10. The molecule has 0 N–H and O–H groups in total. The minimum atomic E-state index is -0.0347. The Labute approximate surface area is 205 Å². The van der Waals surface area contributed by atoms with Crippen molar-refractivity contribution in [1.82, 2.24) is 4.90 Å². The first-order chi connectivity index (χ1) is 16.2. The van der Waals surface area contributed by atoms with Crippen molar-refractivity contribution in [1.29, 1.82) is 0 Å². The fourth-order valence-electron chi connectivity index (χ4n) is 4.53. The van der Waals surface area contributed by atoms with Gasteiger partial charge in [-0.1, -0.05) is 88.7 Å². The molecule has 4 rings (SSSR count). The van der Waals surface area contributed by atoms with Gasteiger partial charge in [0, 0.05) is 23.0 Å². The van der Waals surface area contributed by atoms with Gasteiger partial charge in [-0.15, -0.1) is 0 Å². The van der Waals surface area contributed by atoms with Crippen molar-refractivity contribution in [3.8, 4) is 0 Å². The highest BCUT2D eigenvalue weighted by Crippen LogP contribution is 2.30. The average Bonchev–Trinajstić information content (AvgIpc) is 3.09. The van der Waals surface area contributed by atoms with Crippen LogP contribution >= 0.6 is 15.9 Å². The third-order valence-corrected chi connectivity index (χ3v) is 6.87. The van der Waals surface area contributed by atoms with Crippen LogP contribution in [0.2, 0.25) is 0 Å². The number of hydrogen-bond acceptors (Lipinski definition) is 3. The van der Waals surface area contributed by atoms with E-state index in [4.69, 9.17) is 4.74 Å². The van der Waals surface area contributed by atoms with Crippen LogP contribution < -0.4 is 0 Å². The first-order valence-corrected chi connectivity index (χ1v) is 12.7. The summed E-state index contributed by atoms with van der Waals surface area (Å²) in [5.74, 6) is 0.229. The predicted octanol–water partition coefficient (Wildman–Crippen LogP) is 7.07. The van der Waals surface area contributed by atoms with Gasteiger partial charge in [0.2, 0.25) is 0 Å². The van der Waals surface area contributed by atoms with Gasteiger partial charge < -0.3 is 9.64 Å². The van der Waals surface area contributed by atoms with E-state index in [1.165, 1.54) is 11.1 Å². The lowest BCUT2D eigenvalue weighted by molar-refractivity contribution is 0.000411. The quantitative estimate of drug-likeness (QED) is 0.291. The molecule has 3 nitrogen and oxygen atoms in total. The number of ether oxygens (including phenoxy) is 1. The molecular weight excluding hydrogens is 474 g/mol. The Bertz CT molecular complexity index is 952. The lowest BCUT2D eigenvalue weighted by Gasteiger charge is -2.25. The number of likely N-dealkylation sites (tertiary alicyclic amines) is 1. The largest absolute Gasteiger partial charge is 0.366 e. The lowest BCUT2D eigenvalue weighted by atomic mass is 10.0. The number of rotatable bonds is 9. The van der Waals surface area contributed by atoms with E-state index < -0.39 is 0 Å². The average molecular weight is 506 g/mol. The molecule has 1 heterocycles. The Hall–Kier alpha value is -2.27. The number of nitrogens with zero attached hydrogens (tertiary/aromatic N) is 1. The zero-order valence-corrected chi connectivity index (χ0v) is 20.6. The van der Waals surface area contributed by atoms with Crippen LogP contribution in [0.4, 0.5) is 0 Å². The molecule has 0 aliphatic carbocycles. The summed E-state index contributed by atoms with van der Waals surface area (Å²) in [6.45, 7) is 3.07. The van der Waals surface area contributed by atoms with Crippen LogP contribution in [0.1, 0.15) is 59.7 Å². The standard InChI is InChI=1S/C29H32BrNO2/c30-26-17-15-23(16-18-26)28(32)14-8-21-31-20-7-13-27(19-22-31)33-29(24-9-3-1-4-10-24)25-11-5-2-6-12-25/h1-6,9-12,15-18,27,29H,7-8,13-14,19-22H2. The van der Waals surface area contributed by atoms with Crippen LogP contribution in [-0.2, 0) is 4.74 Å². The highest BCUT2D eigenvalue weighted by Gasteiger charge is 2.23. The van der Waals surface area contributed by atoms with Gasteiger partial charge in [-0.25, -0.2) is 0 Å². The highest BCUT2D eigenvalue weighted by molar-refractivity contribution is 9.10. The molecule has 1 atom stereocenters. The van der Waals surface area contributed by atoms with Gasteiger partial charge in [0.05, 0.1) is 6.10 Å². The molecule has 0 amide bonds. The number of carbonyl (C=O) groups is 1. The van der Waals surface area contributed by atoms with Gasteiger partial charge in [0.25, 0.3) is 0 Å². The van der Waals surface area contributed by atoms with E-state index in [0.29, 0.717) is 6.42 Å². The van der Waals surface area contributed by atoms with Crippen LogP contribution in [-0.4, -0.2) is 36.4 Å². The van der Waals surface area contributed by atoms with E-state index in [1.54, 1.807) is 0 Å². The summed E-state index contributed by atoms with van der Waals surface area (Å²) < 4.78 is 7.72. The zero-order chi connectivity index (χ0) is 22.9. The van der Waals surface area contributed by atoms with Crippen LogP contribution in [0.25, 0.3) is 0 Å². The van der Waals surface area contributed by atoms with Crippen molar-refractivity contribution >= 4 is 21.7 Å². The number of ketones is 1. The van der Waals surface area contributed by atoms with Gasteiger partial charge in [-0.05, 0) is 62.0 Å². The first-order valence-electron chi connectivity index (χ1n) is 12.0. The molecule has 4 heteroatoms. The van der Waals surface area contributed by atoms with Crippen LogP contribution in [0.15, 0.2) is 89.4 Å². The third-order valence-electron chi connectivity index (χ3n) is 6.35. The molecule has 1 fully saturated rings. The normalized spacial score (nSPS) is 17.1. The first kappa shape index (κ1) is 23.9. The number of halogens is 1. The maximum absolute atomic E-state index is 12.5. The maximum atomic E-state index is 12.5. The smallest absolute Gasteiger partial charge is 0.162 e.